The topological polar surface area (TPSA) is 42.2 Å². The zero-order valence-corrected chi connectivity index (χ0v) is 12.9. The molecule has 112 valence electrons. The summed E-state index contributed by atoms with van der Waals surface area (Å²) in [7, 11) is 0. The molecule has 2 aromatic heterocycles. The molecule has 0 N–H and O–H groups in total. The zero-order valence-electron chi connectivity index (χ0n) is 12.9. The normalized spacial score (nSPS) is 20.4. The average Bonchev–Trinajstić information content (AvgIpc) is 2.75. The van der Waals surface area contributed by atoms with Gasteiger partial charge >= 0.3 is 0 Å². The van der Waals surface area contributed by atoms with Crippen LogP contribution in [-0.4, -0.2) is 21.6 Å². The molecule has 1 aliphatic heterocycles. The first-order valence-electron chi connectivity index (χ1n) is 7.82. The van der Waals surface area contributed by atoms with Gasteiger partial charge in [-0.3, -0.25) is 9.88 Å². The summed E-state index contributed by atoms with van der Waals surface area (Å²) in [6, 6.07) is 8.68. The van der Waals surface area contributed by atoms with Crippen LogP contribution in [0.15, 0.2) is 28.8 Å². The van der Waals surface area contributed by atoms with Crippen LogP contribution in [0.3, 0.4) is 0 Å². The fourth-order valence-electron chi connectivity index (χ4n) is 3.13. The number of nitrogens with zero attached hydrogens (tertiary/aromatic N) is 3. The molecule has 1 fully saturated rings. The van der Waals surface area contributed by atoms with Crippen molar-refractivity contribution < 1.29 is 4.52 Å². The van der Waals surface area contributed by atoms with Gasteiger partial charge in [-0.1, -0.05) is 24.1 Å². The summed E-state index contributed by atoms with van der Waals surface area (Å²) in [5, 5.41) is 4.25. The summed E-state index contributed by atoms with van der Waals surface area (Å²) in [5.41, 5.74) is 3.29. The third kappa shape index (κ3) is 3.50. The van der Waals surface area contributed by atoms with Crippen molar-refractivity contribution in [1.29, 1.82) is 0 Å². The molecule has 1 saturated heterocycles. The summed E-state index contributed by atoms with van der Waals surface area (Å²) >= 11 is 0. The number of aryl methyl sites for hydroxylation is 2. The molecule has 0 bridgehead atoms. The molecule has 21 heavy (non-hydrogen) atoms. The van der Waals surface area contributed by atoms with E-state index in [0.717, 1.165) is 42.4 Å². The lowest BCUT2D eigenvalue weighted by Crippen LogP contribution is -2.28. The van der Waals surface area contributed by atoms with Crippen LogP contribution in [0.25, 0.3) is 0 Å². The standard InChI is InChI=1S/C17H23N3O/c1-13-7-6-8-15(18-13)12-20-10-5-3-4-9-17(20)16-11-14(2)21-19-16/h6-8,11,17H,3-5,9-10,12H2,1-2H3/t17-/m0/s1. The second-order valence-electron chi connectivity index (χ2n) is 5.97. The third-order valence-corrected chi connectivity index (χ3v) is 4.16. The number of rotatable bonds is 3. The molecule has 0 radical (unpaired) electrons. The van der Waals surface area contributed by atoms with E-state index in [4.69, 9.17) is 4.52 Å². The van der Waals surface area contributed by atoms with Crippen LogP contribution in [0, 0.1) is 13.8 Å². The van der Waals surface area contributed by atoms with E-state index < -0.39 is 0 Å². The van der Waals surface area contributed by atoms with Gasteiger partial charge in [0, 0.05) is 18.3 Å². The minimum absolute atomic E-state index is 0.354. The largest absolute Gasteiger partial charge is 0.361 e. The van der Waals surface area contributed by atoms with E-state index in [2.05, 4.69) is 33.2 Å². The average molecular weight is 285 g/mol. The lowest BCUT2D eigenvalue weighted by Gasteiger charge is -2.28. The van der Waals surface area contributed by atoms with Gasteiger partial charge in [-0.2, -0.15) is 0 Å². The first-order valence-corrected chi connectivity index (χ1v) is 7.82. The molecule has 0 amide bonds. The predicted molar refractivity (Wildman–Crippen MR) is 81.8 cm³/mol. The van der Waals surface area contributed by atoms with Gasteiger partial charge in [-0.25, -0.2) is 0 Å². The maximum Gasteiger partial charge on any atom is 0.133 e. The molecule has 0 saturated carbocycles. The van der Waals surface area contributed by atoms with Crippen molar-refractivity contribution in [2.75, 3.05) is 6.54 Å². The van der Waals surface area contributed by atoms with Crippen molar-refractivity contribution in [1.82, 2.24) is 15.0 Å². The second-order valence-corrected chi connectivity index (χ2v) is 5.97. The van der Waals surface area contributed by atoms with Crippen LogP contribution in [0.2, 0.25) is 0 Å². The minimum atomic E-state index is 0.354. The Labute approximate surface area is 126 Å². The van der Waals surface area contributed by atoms with E-state index in [1.807, 2.05) is 19.9 Å². The van der Waals surface area contributed by atoms with Crippen LogP contribution in [0.5, 0.6) is 0 Å². The van der Waals surface area contributed by atoms with Crippen molar-refractivity contribution in [2.24, 2.45) is 0 Å². The van der Waals surface area contributed by atoms with Gasteiger partial charge in [-0.15, -0.1) is 0 Å². The Hall–Kier alpha value is -1.68. The first kappa shape index (κ1) is 14.3. The lowest BCUT2D eigenvalue weighted by molar-refractivity contribution is 0.181. The smallest absolute Gasteiger partial charge is 0.133 e. The molecule has 3 rings (SSSR count). The van der Waals surface area contributed by atoms with Crippen molar-refractivity contribution in [3.63, 3.8) is 0 Å². The summed E-state index contributed by atoms with van der Waals surface area (Å²) in [6.45, 7) is 5.99. The molecule has 0 unspecified atom stereocenters. The molecule has 2 aromatic rings. The van der Waals surface area contributed by atoms with Crippen LogP contribution >= 0.6 is 0 Å². The Morgan fingerprint density at radius 1 is 1.24 bits per heavy atom. The van der Waals surface area contributed by atoms with E-state index in [-0.39, 0.29) is 0 Å². The highest BCUT2D eigenvalue weighted by Crippen LogP contribution is 2.30. The van der Waals surface area contributed by atoms with Crippen LogP contribution in [0.1, 0.15) is 54.6 Å². The fraction of sp³-hybridized carbons (Fsp3) is 0.529. The predicted octanol–water partition coefficient (Wildman–Crippen LogP) is 3.80. The maximum atomic E-state index is 5.28. The Bertz CT molecular complexity index is 593. The highest BCUT2D eigenvalue weighted by molar-refractivity contribution is 5.13. The molecule has 4 heteroatoms. The quantitative estimate of drug-likeness (QED) is 0.860. The van der Waals surface area contributed by atoms with Crippen molar-refractivity contribution in [3.05, 3.63) is 47.1 Å². The van der Waals surface area contributed by atoms with Gasteiger partial charge in [0.1, 0.15) is 11.5 Å². The Kier molecular flexibility index (Phi) is 4.34. The Morgan fingerprint density at radius 3 is 2.90 bits per heavy atom. The first-order chi connectivity index (χ1) is 10.2. The van der Waals surface area contributed by atoms with Crippen molar-refractivity contribution >= 4 is 0 Å². The van der Waals surface area contributed by atoms with Crippen LogP contribution < -0.4 is 0 Å². The van der Waals surface area contributed by atoms with E-state index >= 15 is 0 Å². The van der Waals surface area contributed by atoms with Crippen LogP contribution in [-0.2, 0) is 6.54 Å². The summed E-state index contributed by atoms with van der Waals surface area (Å²) in [4.78, 5) is 7.15. The second kappa shape index (κ2) is 6.39. The molecule has 0 aromatic carbocycles. The van der Waals surface area contributed by atoms with E-state index in [0.29, 0.717) is 6.04 Å². The van der Waals surface area contributed by atoms with Gasteiger partial charge < -0.3 is 4.52 Å². The molecular formula is C17H23N3O. The Balaban J connectivity index is 1.81. The molecule has 1 aliphatic rings. The monoisotopic (exact) mass is 285 g/mol. The van der Waals surface area contributed by atoms with E-state index in [1.165, 1.54) is 19.3 Å². The molecule has 3 heterocycles. The van der Waals surface area contributed by atoms with Crippen LogP contribution in [0.4, 0.5) is 0 Å². The zero-order chi connectivity index (χ0) is 14.7. The summed E-state index contributed by atoms with van der Waals surface area (Å²) < 4.78 is 5.28. The molecule has 0 aliphatic carbocycles. The minimum Gasteiger partial charge on any atom is -0.361 e. The highest BCUT2D eigenvalue weighted by Gasteiger charge is 2.25. The fourth-order valence-corrected chi connectivity index (χ4v) is 3.13. The van der Waals surface area contributed by atoms with Gasteiger partial charge in [-0.05, 0) is 45.4 Å². The maximum absolute atomic E-state index is 5.28. The molecular weight excluding hydrogens is 262 g/mol. The molecule has 1 atom stereocenters. The highest BCUT2D eigenvalue weighted by atomic mass is 16.5. The van der Waals surface area contributed by atoms with Crippen molar-refractivity contribution in [3.8, 4) is 0 Å². The molecule has 4 nitrogen and oxygen atoms in total. The number of pyridine rings is 1. The van der Waals surface area contributed by atoms with Crippen molar-refractivity contribution in [2.45, 2.75) is 52.1 Å². The number of likely N-dealkylation sites (tertiary alicyclic amines) is 1. The van der Waals surface area contributed by atoms with E-state index in [1.54, 1.807) is 0 Å². The number of aromatic nitrogens is 2. The van der Waals surface area contributed by atoms with Gasteiger partial charge in [0.2, 0.25) is 0 Å². The van der Waals surface area contributed by atoms with E-state index in [9.17, 15) is 0 Å². The summed E-state index contributed by atoms with van der Waals surface area (Å²) in [5.74, 6) is 0.892. The SMILES string of the molecule is Cc1cccc(CN2CCCCC[C@H]2c2cc(C)on2)n1. The van der Waals surface area contributed by atoms with Gasteiger partial charge in [0.25, 0.3) is 0 Å². The summed E-state index contributed by atoms with van der Waals surface area (Å²) in [6.07, 6.45) is 4.95. The number of hydrogen-bond acceptors (Lipinski definition) is 4. The van der Waals surface area contributed by atoms with Gasteiger partial charge in [0.15, 0.2) is 0 Å². The Morgan fingerprint density at radius 2 is 2.14 bits per heavy atom. The third-order valence-electron chi connectivity index (χ3n) is 4.16. The van der Waals surface area contributed by atoms with Gasteiger partial charge in [0.05, 0.1) is 11.7 Å². The lowest BCUT2D eigenvalue weighted by atomic mass is 10.1. The number of hydrogen-bond donors (Lipinski definition) is 0. The molecule has 0 spiro atoms.